The smallest absolute Gasteiger partial charge is 0.251 e. The molecule has 0 aliphatic carbocycles. The number of hydrogen-bond acceptors (Lipinski definition) is 4. The standard InChI is InChI=1S/C15H16N4O2/c1-10-3-2-8-17-13(10)9-18-15(20)12-6-4-11(5-7-12)14(16)19-21/h2-8,21H,9H2,1H3,(H2,16,19)(H,18,20). The first-order valence-electron chi connectivity index (χ1n) is 6.38. The lowest BCUT2D eigenvalue weighted by Gasteiger charge is -2.07. The van der Waals surface area contributed by atoms with Gasteiger partial charge in [-0.2, -0.15) is 0 Å². The number of aromatic nitrogens is 1. The molecule has 2 rings (SSSR count). The van der Waals surface area contributed by atoms with Gasteiger partial charge in [0.05, 0.1) is 12.2 Å². The molecular weight excluding hydrogens is 268 g/mol. The number of carbonyl (C=O) groups is 1. The van der Waals surface area contributed by atoms with Gasteiger partial charge in [0.25, 0.3) is 5.91 Å². The number of nitrogens with two attached hydrogens (primary N) is 1. The fourth-order valence-corrected chi connectivity index (χ4v) is 1.82. The molecule has 21 heavy (non-hydrogen) atoms. The number of hydrogen-bond donors (Lipinski definition) is 3. The van der Waals surface area contributed by atoms with Crippen LogP contribution in [0, 0.1) is 6.92 Å². The summed E-state index contributed by atoms with van der Waals surface area (Å²) in [6.07, 6.45) is 1.69. The lowest BCUT2D eigenvalue weighted by Crippen LogP contribution is -2.24. The van der Waals surface area contributed by atoms with E-state index < -0.39 is 0 Å². The molecule has 0 spiro atoms. The molecular formula is C15H16N4O2. The molecule has 0 saturated carbocycles. The molecule has 0 atom stereocenters. The molecule has 108 valence electrons. The zero-order chi connectivity index (χ0) is 15.2. The highest BCUT2D eigenvalue weighted by atomic mass is 16.4. The molecule has 0 saturated heterocycles. The maximum absolute atomic E-state index is 12.0. The Morgan fingerprint density at radius 3 is 2.57 bits per heavy atom. The van der Waals surface area contributed by atoms with Crippen LogP contribution in [-0.2, 0) is 6.54 Å². The van der Waals surface area contributed by atoms with Crippen molar-refractivity contribution in [3.8, 4) is 0 Å². The zero-order valence-corrected chi connectivity index (χ0v) is 11.6. The van der Waals surface area contributed by atoms with Gasteiger partial charge in [-0.15, -0.1) is 0 Å². The molecule has 0 unspecified atom stereocenters. The van der Waals surface area contributed by atoms with Crippen molar-refractivity contribution in [3.63, 3.8) is 0 Å². The number of pyridine rings is 1. The van der Waals surface area contributed by atoms with Crippen molar-refractivity contribution in [2.24, 2.45) is 10.9 Å². The van der Waals surface area contributed by atoms with E-state index in [1.54, 1.807) is 30.5 Å². The molecule has 0 fully saturated rings. The van der Waals surface area contributed by atoms with Gasteiger partial charge in [0.15, 0.2) is 5.84 Å². The fraction of sp³-hybridized carbons (Fsp3) is 0.133. The Hall–Kier alpha value is -2.89. The van der Waals surface area contributed by atoms with Crippen molar-refractivity contribution in [2.75, 3.05) is 0 Å². The third-order valence-corrected chi connectivity index (χ3v) is 3.08. The summed E-state index contributed by atoms with van der Waals surface area (Å²) >= 11 is 0. The predicted molar refractivity (Wildman–Crippen MR) is 79.1 cm³/mol. The number of rotatable bonds is 4. The average Bonchev–Trinajstić information content (AvgIpc) is 2.53. The van der Waals surface area contributed by atoms with Gasteiger partial charge in [0, 0.05) is 17.3 Å². The lowest BCUT2D eigenvalue weighted by molar-refractivity contribution is 0.0950. The highest BCUT2D eigenvalue weighted by molar-refractivity contribution is 5.99. The van der Waals surface area contributed by atoms with E-state index in [0.717, 1.165) is 11.3 Å². The SMILES string of the molecule is Cc1cccnc1CNC(=O)c1ccc(C(N)=NO)cc1. The zero-order valence-electron chi connectivity index (χ0n) is 11.6. The minimum Gasteiger partial charge on any atom is -0.409 e. The van der Waals surface area contributed by atoms with Crippen LogP contribution in [0.1, 0.15) is 27.2 Å². The number of amides is 1. The molecule has 2 aromatic rings. The lowest BCUT2D eigenvalue weighted by atomic mass is 10.1. The van der Waals surface area contributed by atoms with Crippen LogP contribution < -0.4 is 11.1 Å². The molecule has 1 heterocycles. The molecule has 1 amide bonds. The number of oxime groups is 1. The Morgan fingerprint density at radius 2 is 1.95 bits per heavy atom. The number of benzene rings is 1. The minimum atomic E-state index is -0.203. The summed E-state index contributed by atoms with van der Waals surface area (Å²) in [6.45, 7) is 2.31. The number of nitrogens with zero attached hydrogens (tertiary/aromatic N) is 2. The van der Waals surface area contributed by atoms with Gasteiger partial charge >= 0.3 is 0 Å². The van der Waals surface area contributed by atoms with Crippen LogP contribution in [0.15, 0.2) is 47.8 Å². The Bertz CT molecular complexity index is 666. The van der Waals surface area contributed by atoms with Gasteiger partial charge in [-0.05, 0) is 30.7 Å². The van der Waals surface area contributed by atoms with Crippen LogP contribution in [0.2, 0.25) is 0 Å². The normalized spacial score (nSPS) is 11.2. The summed E-state index contributed by atoms with van der Waals surface area (Å²) in [5.41, 5.74) is 8.37. The topological polar surface area (TPSA) is 101 Å². The number of amidine groups is 1. The Balaban J connectivity index is 2.02. The fourth-order valence-electron chi connectivity index (χ4n) is 1.82. The van der Waals surface area contributed by atoms with Crippen molar-refractivity contribution in [1.82, 2.24) is 10.3 Å². The summed E-state index contributed by atoms with van der Waals surface area (Å²) in [4.78, 5) is 16.2. The van der Waals surface area contributed by atoms with Crippen LogP contribution in [0.4, 0.5) is 0 Å². The Labute approximate surface area is 122 Å². The summed E-state index contributed by atoms with van der Waals surface area (Å²) in [6, 6.07) is 10.3. The van der Waals surface area contributed by atoms with E-state index in [4.69, 9.17) is 10.9 Å². The number of nitrogens with one attached hydrogen (secondary N) is 1. The molecule has 1 aromatic carbocycles. The monoisotopic (exact) mass is 284 g/mol. The van der Waals surface area contributed by atoms with Gasteiger partial charge < -0.3 is 16.3 Å². The summed E-state index contributed by atoms with van der Waals surface area (Å²) in [5, 5.41) is 14.3. The largest absolute Gasteiger partial charge is 0.409 e. The Kier molecular flexibility index (Phi) is 4.50. The molecule has 4 N–H and O–H groups in total. The van der Waals surface area contributed by atoms with Gasteiger partial charge in [-0.1, -0.05) is 23.4 Å². The van der Waals surface area contributed by atoms with Crippen molar-refractivity contribution >= 4 is 11.7 Å². The van der Waals surface area contributed by atoms with Gasteiger partial charge in [0.2, 0.25) is 0 Å². The van der Waals surface area contributed by atoms with Crippen LogP contribution in [0.5, 0.6) is 0 Å². The van der Waals surface area contributed by atoms with Crippen LogP contribution in [0.25, 0.3) is 0 Å². The Morgan fingerprint density at radius 1 is 1.29 bits per heavy atom. The quantitative estimate of drug-likeness (QED) is 0.342. The molecule has 1 aromatic heterocycles. The van der Waals surface area contributed by atoms with E-state index in [1.807, 2.05) is 19.1 Å². The number of aryl methyl sites for hydroxylation is 1. The van der Waals surface area contributed by atoms with E-state index in [1.165, 1.54) is 0 Å². The van der Waals surface area contributed by atoms with Crippen LogP contribution in [-0.4, -0.2) is 21.9 Å². The summed E-state index contributed by atoms with van der Waals surface area (Å²) in [5.74, 6) is -0.197. The highest BCUT2D eigenvalue weighted by Gasteiger charge is 2.07. The summed E-state index contributed by atoms with van der Waals surface area (Å²) in [7, 11) is 0. The molecule has 0 aliphatic rings. The second-order valence-corrected chi connectivity index (χ2v) is 4.51. The summed E-state index contributed by atoms with van der Waals surface area (Å²) < 4.78 is 0. The van der Waals surface area contributed by atoms with E-state index >= 15 is 0 Å². The van der Waals surface area contributed by atoms with Crippen LogP contribution >= 0.6 is 0 Å². The van der Waals surface area contributed by atoms with Gasteiger partial charge in [0.1, 0.15) is 0 Å². The maximum atomic E-state index is 12.0. The first-order valence-corrected chi connectivity index (χ1v) is 6.38. The molecule has 6 heteroatoms. The third kappa shape index (κ3) is 3.56. The highest BCUT2D eigenvalue weighted by Crippen LogP contribution is 2.06. The molecule has 0 aliphatic heterocycles. The van der Waals surface area contributed by atoms with Crippen molar-refractivity contribution in [1.29, 1.82) is 0 Å². The van der Waals surface area contributed by atoms with E-state index in [-0.39, 0.29) is 11.7 Å². The van der Waals surface area contributed by atoms with Crippen molar-refractivity contribution in [3.05, 3.63) is 65.0 Å². The predicted octanol–water partition coefficient (Wildman–Crippen LogP) is 1.41. The van der Waals surface area contributed by atoms with Crippen molar-refractivity contribution < 1.29 is 10.0 Å². The van der Waals surface area contributed by atoms with Gasteiger partial charge in [-0.25, -0.2) is 0 Å². The average molecular weight is 284 g/mol. The minimum absolute atomic E-state index is 0.00562. The second kappa shape index (κ2) is 6.51. The third-order valence-electron chi connectivity index (χ3n) is 3.08. The first-order chi connectivity index (χ1) is 10.1. The van der Waals surface area contributed by atoms with Gasteiger partial charge in [-0.3, -0.25) is 9.78 Å². The maximum Gasteiger partial charge on any atom is 0.251 e. The molecule has 0 bridgehead atoms. The van der Waals surface area contributed by atoms with E-state index in [0.29, 0.717) is 17.7 Å². The first kappa shape index (κ1) is 14.5. The van der Waals surface area contributed by atoms with Crippen LogP contribution in [0.3, 0.4) is 0 Å². The second-order valence-electron chi connectivity index (χ2n) is 4.51. The molecule has 0 radical (unpaired) electrons. The molecule has 6 nitrogen and oxygen atoms in total. The van der Waals surface area contributed by atoms with E-state index in [2.05, 4.69) is 15.5 Å². The van der Waals surface area contributed by atoms with Crippen molar-refractivity contribution in [2.45, 2.75) is 13.5 Å². The van der Waals surface area contributed by atoms with E-state index in [9.17, 15) is 4.79 Å². The number of carbonyl (C=O) groups excluding carboxylic acids is 1.